The molecule has 2 rings (SSSR count). The summed E-state index contributed by atoms with van der Waals surface area (Å²) < 4.78 is 6.65. The number of hydrogen-bond donors (Lipinski definition) is 1. The Morgan fingerprint density at radius 3 is 3.07 bits per heavy atom. The second kappa shape index (κ2) is 3.55. The first-order valence-corrected chi connectivity index (χ1v) is 4.56. The molecule has 14 heavy (non-hydrogen) atoms. The van der Waals surface area contributed by atoms with E-state index in [1.165, 1.54) is 6.33 Å². The van der Waals surface area contributed by atoms with Gasteiger partial charge in [-0.2, -0.15) is 14.6 Å². The summed E-state index contributed by atoms with van der Waals surface area (Å²) >= 11 is 4.37. The second-order valence-electron chi connectivity index (χ2n) is 2.90. The van der Waals surface area contributed by atoms with Gasteiger partial charge in [0.05, 0.1) is 6.61 Å². The summed E-state index contributed by atoms with van der Waals surface area (Å²) in [5, 5.41) is 4.74. The van der Waals surface area contributed by atoms with Crippen molar-refractivity contribution in [2.45, 2.75) is 18.6 Å². The number of thiol groups is 1. The van der Waals surface area contributed by atoms with Crippen molar-refractivity contribution in [3.63, 3.8) is 0 Å². The Kier molecular flexibility index (Phi) is 2.39. The summed E-state index contributed by atoms with van der Waals surface area (Å²) in [5.74, 6) is 0.562. The summed E-state index contributed by atoms with van der Waals surface area (Å²) in [6.45, 7) is 2.39. The number of hydrogen-bond acceptors (Lipinski definition) is 5. The Labute approximate surface area is 86.5 Å². The molecule has 0 spiro atoms. The third-order valence-electron chi connectivity index (χ3n) is 1.99. The predicted octanol–water partition coefficient (Wildman–Crippen LogP) is 0.868. The van der Waals surface area contributed by atoms with Crippen LogP contribution >= 0.6 is 12.6 Å². The van der Waals surface area contributed by atoms with Gasteiger partial charge < -0.3 is 4.74 Å². The zero-order valence-corrected chi connectivity index (χ0v) is 8.82. The van der Waals surface area contributed by atoms with Gasteiger partial charge in [-0.25, -0.2) is 4.98 Å². The lowest BCUT2D eigenvalue weighted by Gasteiger charge is -2.07. The minimum absolute atomic E-state index is 0.480. The summed E-state index contributed by atoms with van der Waals surface area (Å²) in [6, 6.07) is 0. The molecular formula is C8H10N4OS. The molecule has 5 nitrogen and oxygen atoms in total. The van der Waals surface area contributed by atoms with Crippen LogP contribution in [0.25, 0.3) is 5.78 Å². The van der Waals surface area contributed by atoms with Crippen molar-refractivity contribution in [2.24, 2.45) is 0 Å². The van der Waals surface area contributed by atoms with Crippen molar-refractivity contribution in [2.75, 3.05) is 7.11 Å². The molecule has 6 heteroatoms. The lowest BCUT2D eigenvalue weighted by molar-refractivity contribution is 0.181. The topological polar surface area (TPSA) is 52.3 Å². The highest BCUT2D eigenvalue weighted by Crippen LogP contribution is 2.17. The number of fused-ring (bicyclic) bond motifs is 1. The van der Waals surface area contributed by atoms with Gasteiger partial charge >= 0.3 is 0 Å². The fourth-order valence-corrected chi connectivity index (χ4v) is 1.65. The van der Waals surface area contributed by atoms with Crippen LogP contribution in [0.1, 0.15) is 11.3 Å². The summed E-state index contributed by atoms with van der Waals surface area (Å²) in [4.78, 5) is 8.27. The summed E-state index contributed by atoms with van der Waals surface area (Å²) in [7, 11) is 1.64. The first-order valence-electron chi connectivity index (χ1n) is 4.11. The van der Waals surface area contributed by atoms with E-state index in [1.54, 1.807) is 11.6 Å². The average Bonchev–Trinajstić information content (AvgIpc) is 2.60. The Morgan fingerprint density at radius 1 is 1.57 bits per heavy atom. The Morgan fingerprint density at radius 2 is 2.36 bits per heavy atom. The summed E-state index contributed by atoms with van der Waals surface area (Å²) in [6.07, 6.45) is 1.46. The van der Waals surface area contributed by atoms with Crippen molar-refractivity contribution in [1.29, 1.82) is 0 Å². The van der Waals surface area contributed by atoms with E-state index < -0.39 is 0 Å². The van der Waals surface area contributed by atoms with Crippen LogP contribution in [0.5, 0.6) is 0 Å². The molecule has 0 bridgehead atoms. The number of ether oxygens (including phenoxy) is 1. The van der Waals surface area contributed by atoms with Crippen molar-refractivity contribution in [1.82, 2.24) is 19.6 Å². The Hall–Kier alpha value is -1.14. The van der Waals surface area contributed by atoms with Crippen LogP contribution in [0.2, 0.25) is 0 Å². The molecule has 0 unspecified atom stereocenters. The van der Waals surface area contributed by atoms with Crippen LogP contribution < -0.4 is 0 Å². The van der Waals surface area contributed by atoms with Gasteiger partial charge in [0.25, 0.3) is 5.78 Å². The van der Waals surface area contributed by atoms with E-state index in [-0.39, 0.29) is 0 Å². The van der Waals surface area contributed by atoms with Crippen LogP contribution in [-0.2, 0) is 11.3 Å². The highest BCUT2D eigenvalue weighted by Gasteiger charge is 2.10. The van der Waals surface area contributed by atoms with Crippen molar-refractivity contribution < 1.29 is 4.74 Å². The van der Waals surface area contributed by atoms with E-state index in [1.807, 2.05) is 6.92 Å². The second-order valence-corrected chi connectivity index (χ2v) is 3.33. The number of nitrogens with zero attached hydrogens (tertiary/aromatic N) is 4. The lowest BCUT2D eigenvalue weighted by atomic mass is 10.2. The standard InChI is InChI=1S/C8H10N4OS/c1-5-6(3-13-2)7(14)12-8(11-5)9-4-10-12/h4,14H,3H2,1-2H3. The fraction of sp³-hybridized carbons (Fsp3) is 0.375. The molecule has 0 aliphatic rings. The molecule has 2 aromatic rings. The number of aromatic nitrogens is 4. The lowest BCUT2D eigenvalue weighted by Crippen LogP contribution is -2.04. The molecule has 0 aliphatic carbocycles. The van der Waals surface area contributed by atoms with Gasteiger partial charge in [-0.15, -0.1) is 12.6 Å². The van der Waals surface area contributed by atoms with Gasteiger partial charge in [0.15, 0.2) is 0 Å². The van der Waals surface area contributed by atoms with Crippen molar-refractivity contribution in [3.8, 4) is 0 Å². The van der Waals surface area contributed by atoms with Gasteiger partial charge in [-0.05, 0) is 6.92 Å². The van der Waals surface area contributed by atoms with Gasteiger partial charge in [-0.3, -0.25) is 0 Å². The van der Waals surface area contributed by atoms with E-state index in [4.69, 9.17) is 4.74 Å². The van der Waals surface area contributed by atoms with Gasteiger partial charge in [-0.1, -0.05) is 0 Å². The molecule has 0 aromatic carbocycles. The SMILES string of the molecule is COCc1c(C)nc2ncnn2c1S. The van der Waals surface area contributed by atoms with Crippen LogP contribution in [0.15, 0.2) is 11.4 Å². The van der Waals surface area contributed by atoms with E-state index >= 15 is 0 Å². The Balaban J connectivity index is 2.69. The monoisotopic (exact) mass is 210 g/mol. The van der Waals surface area contributed by atoms with Gasteiger partial charge in [0, 0.05) is 18.4 Å². The van der Waals surface area contributed by atoms with E-state index in [2.05, 4.69) is 27.7 Å². The van der Waals surface area contributed by atoms with E-state index in [0.717, 1.165) is 16.3 Å². The third-order valence-corrected chi connectivity index (χ3v) is 2.45. The maximum Gasteiger partial charge on any atom is 0.253 e. The van der Waals surface area contributed by atoms with Crippen molar-refractivity contribution in [3.05, 3.63) is 17.6 Å². The van der Waals surface area contributed by atoms with Crippen LogP contribution in [0.3, 0.4) is 0 Å². The molecule has 0 atom stereocenters. The molecule has 0 aliphatic heterocycles. The molecule has 0 saturated heterocycles. The van der Waals surface area contributed by atoms with Crippen LogP contribution in [-0.4, -0.2) is 26.7 Å². The largest absolute Gasteiger partial charge is 0.380 e. The molecule has 0 N–H and O–H groups in total. The van der Waals surface area contributed by atoms with Crippen LogP contribution in [0, 0.1) is 6.92 Å². The van der Waals surface area contributed by atoms with Gasteiger partial charge in [0.1, 0.15) is 11.4 Å². The number of rotatable bonds is 2. The highest BCUT2D eigenvalue weighted by atomic mass is 32.1. The average molecular weight is 210 g/mol. The smallest absolute Gasteiger partial charge is 0.253 e. The minimum Gasteiger partial charge on any atom is -0.380 e. The predicted molar refractivity (Wildman–Crippen MR) is 53.5 cm³/mol. The highest BCUT2D eigenvalue weighted by molar-refractivity contribution is 7.80. The molecule has 74 valence electrons. The van der Waals surface area contributed by atoms with Crippen molar-refractivity contribution >= 4 is 18.4 Å². The first kappa shape index (κ1) is 9.42. The van der Waals surface area contributed by atoms with Gasteiger partial charge in [0.2, 0.25) is 0 Å². The zero-order chi connectivity index (χ0) is 10.1. The fourth-order valence-electron chi connectivity index (χ4n) is 1.28. The normalized spacial score (nSPS) is 11.1. The minimum atomic E-state index is 0.480. The molecule has 0 fully saturated rings. The molecule has 2 aromatic heterocycles. The third kappa shape index (κ3) is 1.36. The molecular weight excluding hydrogens is 200 g/mol. The Bertz CT molecular complexity index is 468. The molecule has 0 saturated carbocycles. The molecule has 2 heterocycles. The quantitative estimate of drug-likeness (QED) is 0.590. The molecule has 0 amide bonds. The number of aryl methyl sites for hydroxylation is 1. The summed E-state index contributed by atoms with van der Waals surface area (Å²) in [5.41, 5.74) is 1.81. The van der Waals surface area contributed by atoms with E-state index in [9.17, 15) is 0 Å². The first-order chi connectivity index (χ1) is 6.74. The zero-order valence-electron chi connectivity index (χ0n) is 7.93. The van der Waals surface area contributed by atoms with Crippen LogP contribution in [0.4, 0.5) is 0 Å². The maximum atomic E-state index is 5.06. The van der Waals surface area contributed by atoms with E-state index in [0.29, 0.717) is 12.4 Å². The molecule has 0 radical (unpaired) electrons. The number of methoxy groups -OCH3 is 1. The maximum absolute atomic E-state index is 5.06.